The predicted octanol–water partition coefficient (Wildman–Crippen LogP) is 1.19. The average molecular weight is 140 g/mol. The number of aliphatic hydroxyl groups is 1. The van der Waals surface area contributed by atoms with Crippen LogP contribution in [0.25, 0.3) is 0 Å². The Labute approximate surface area is 48.6 Å². The molecule has 0 aliphatic carbocycles. The van der Waals surface area contributed by atoms with Crippen LogP contribution >= 0.6 is 0 Å². The first-order chi connectivity index (χ1) is 3.85. The van der Waals surface area contributed by atoms with E-state index in [1.165, 1.54) is 0 Å². The van der Waals surface area contributed by atoms with Gasteiger partial charge in [-0.2, -0.15) is 13.2 Å². The molecular weight excluding hydrogens is 137 g/mol. The molecule has 5 heteroatoms. The van der Waals surface area contributed by atoms with Gasteiger partial charge in [-0.3, -0.25) is 4.79 Å². The molecule has 2 nitrogen and oxygen atoms in total. The highest BCUT2D eigenvalue weighted by atomic mass is 19.4. The van der Waals surface area contributed by atoms with Crippen LogP contribution in [-0.2, 0) is 4.79 Å². The summed E-state index contributed by atoms with van der Waals surface area (Å²) in [6.45, 7) is 2.41. The molecule has 0 spiro atoms. The van der Waals surface area contributed by atoms with Crippen LogP contribution in [0.1, 0.15) is 0 Å². The Morgan fingerprint density at radius 3 is 1.78 bits per heavy atom. The third-order valence-corrected chi connectivity index (χ3v) is 0.520. The van der Waals surface area contributed by atoms with E-state index >= 15 is 0 Å². The van der Waals surface area contributed by atoms with E-state index < -0.39 is 17.7 Å². The molecule has 0 unspecified atom stereocenters. The highest BCUT2D eigenvalue weighted by molar-refractivity contribution is 5.96. The lowest BCUT2D eigenvalue weighted by atomic mass is 10.3. The number of halogens is 3. The molecule has 0 bridgehead atoms. The van der Waals surface area contributed by atoms with Crippen molar-refractivity contribution in [3.05, 3.63) is 12.3 Å². The van der Waals surface area contributed by atoms with Crippen LogP contribution in [-0.4, -0.2) is 17.1 Å². The molecule has 0 amide bonds. The van der Waals surface area contributed by atoms with E-state index in [1.54, 1.807) is 0 Å². The van der Waals surface area contributed by atoms with E-state index in [0.29, 0.717) is 0 Å². The number of aliphatic hydroxyl groups excluding tert-OH is 1. The number of allylic oxidation sites excluding steroid dienone is 1. The third-order valence-electron chi connectivity index (χ3n) is 0.520. The summed E-state index contributed by atoms with van der Waals surface area (Å²) in [4.78, 5) is 9.69. The Morgan fingerprint density at radius 2 is 1.78 bits per heavy atom. The molecule has 52 valence electrons. The number of Topliss-reactive ketones (excluding diaryl/α,β-unsaturated/α-hetero) is 1. The Kier molecular flexibility index (Phi) is 1.85. The number of hydrogen-bond donors (Lipinski definition) is 1. The van der Waals surface area contributed by atoms with Crippen LogP contribution in [0.4, 0.5) is 13.2 Å². The number of hydrogen-bond acceptors (Lipinski definition) is 2. The maximum absolute atomic E-state index is 11.1. The minimum atomic E-state index is -5.01. The van der Waals surface area contributed by atoms with Gasteiger partial charge in [0.1, 0.15) is 0 Å². The molecule has 0 aliphatic rings. The lowest BCUT2D eigenvalue weighted by Gasteiger charge is -2.00. The Bertz CT molecular complexity index is 146. The molecule has 0 aromatic carbocycles. The molecule has 1 N–H and O–H groups in total. The second kappa shape index (κ2) is 2.08. The first-order valence-electron chi connectivity index (χ1n) is 1.85. The van der Waals surface area contributed by atoms with Gasteiger partial charge < -0.3 is 5.11 Å². The van der Waals surface area contributed by atoms with Gasteiger partial charge in [0.25, 0.3) is 5.78 Å². The van der Waals surface area contributed by atoms with Crippen molar-refractivity contribution in [1.29, 1.82) is 0 Å². The molecule has 0 aromatic rings. The van der Waals surface area contributed by atoms with Crippen molar-refractivity contribution in [2.45, 2.75) is 6.18 Å². The molecule has 0 aromatic heterocycles. The molecule has 0 saturated carbocycles. The first kappa shape index (κ1) is 8.00. The first-order valence-corrected chi connectivity index (χ1v) is 1.85. The van der Waals surface area contributed by atoms with Crippen LogP contribution in [0.3, 0.4) is 0 Å². The molecule has 0 aliphatic heterocycles. The molecule has 0 rings (SSSR count). The minimum absolute atomic E-state index is 1.48. The zero-order valence-corrected chi connectivity index (χ0v) is 4.20. The molecule has 0 fully saturated rings. The fourth-order valence-corrected chi connectivity index (χ4v) is 0.164. The normalized spacial score (nSPS) is 11.0. The smallest absolute Gasteiger partial charge is 0.458 e. The SMILES string of the molecule is C=C(O)C(=O)C(F)(F)F. The van der Waals surface area contributed by atoms with Crippen LogP contribution in [0.5, 0.6) is 0 Å². The van der Waals surface area contributed by atoms with Crippen molar-refractivity contribution in [1.82, 2.24) is 0 Å². The van der Waals surface area contributed by atoms with Gasteiger partial charge in [0.15, 0.2) is 5.76 Å². The van der Waals surface area contributed by atoms with Gasteiger partial charge in [0.2, 0.25) is 0 Å². The van der Waals surface area contributed by atoms with Crippen molar-refractivity contribution < 1.29 is 23.1 Å². The van der Waals surface area contributed by atoms with E-state index in [4.69, 9.17) is 5.11 Å². The lowest BCUT2D eigenvalue weighted by molar-refractivity contribution is -0.169. The van der Waals surface area contributed by atoms with Crippen LogP contribution < -0.4 is 0 Å². The number of carbonyl (C=O) groups excluding carboxylic acids is 1. The van der Waals surface area contributed by atoms with Crippen LogP contribution in [0.15, 0.2) is 12.3 Å². The van der Waals surface area contributed by atoms with Gasteiger partial charge in [-0.25, -0.2) is 0 Å². The van der Waals surface area contributed by atoms with Gasteiger partial charge in [-0.05, 0) is 0 Å². The largest absolute Gasteiger partial charge is 0.505 e. The van der Waals surface area contributed by atoms with Crippen molar-refractivity contribution in [3.63, 3.8) is 0 Å². The number of ketones is 1. The summed E-state index contributed by atoms with van der Waals surface area (Å²) >= 11 is 0. The predicted molar refractivity (Wildman–Crippen MR) is 22.8 cm³/mol. The van der Waals surface area contributed by atoms with Crippen LogP contribution in [0, 0.1) is 0 Å². The average Bonchev–Trinajstić information content (AvgIpc) is 1.62. The van der Waals surface area contributed by atoms with E-state index in [2.05, 4.69) is 6.58 Å². The van der Waals surface area contributed by atoms with Crippen molar-refractivity contribution in [3.8, 4) is 0 Å². The minimum Gasteiger partial charge on any atom is -0.505 e. The van der Waals surface area contributed by atoms with Crippen molar-refractivity contribution in [2.75, 3.05) is 0 Å². The summed E-state index contributed by atoms with van der Waals surface area (Å²) in [5.41, 5.74) is 0. The maximum atomic E-state index is 11.1. The molecule has 0 radical (unpaired) electrons. The van der Waals surface area contributed by atoms with Crippen LogP contribution in [0.2, 0.25) is 0 Å². The second-order valence-corrected chi connectivity index (χ2v) is 1.27. The summed E-state index contributed by atoms with van der Waals surface area (Å²) in [6, 6.07) is 0. The van der Waals surface area contributed by atoms with E-state index in [1.807, 2.05) is 0 Å². The van der Waals surface area contributed by atoms with E-state index in [0.717, 1.165) is 0 Å². The molecular formula is C4H3F3O2. The van der Waals surface area contributed by atoms with Gasteiger partial charge in [-0.1, -0.05) is 6.58 Å². The van der Waals surface area contributed by atoms with Gasteiger partial charge in [0, 0.05) is 0 Å². The van der Waals surface area contributed by atoms with Gasteiger partial charge in [0.05, 0.1) is 0 Å². The second-order valence-electron chi connectivity index (χ2n) is 1.27. The van der Waals surface area contributed by atoms with Gasteiger partial charge >= 0.3 is 6.18 Å². The van der Waals surface area contributed by atoms with E-state index in [-0.39, 0.29) is 0 Å². The zero-order valence-electron chi connectivity index (χ0n) is 4.20. The fraction of sp³-hybridized carbons (Fsp3) is 0.250. The highest BCUT2D eigenvalue weighted by Gasteiger charge is 2.40. The lowest BCUT2D eigenvalue weighted by Crippen LogP contribution is -2.23. The summed E-state index contributed by atoms with van der Waals surface area (Å²) in [6.07, 6.45) is -5.01. The van der Waals surface area contributed by atoms with E-state index in [9.17, 15) is 18.0 Å². The summed E-state index contributed by atoms with van der Waals surface area (Å²) in [7, 11) is 0. The summed E-state index contributed by atoms with van der Waals surface area (Å²) < 4.78 is 33.4. The highest BCUT2D eigenvalue weighted by Crippen LogP contribution is 2.18. The molecule has 0 heterocycles. The number of rotatable bonds is 1. The number of carbonyl (C=O) groups is 1. The Balaban J connectivity index is 4.23. The Hall–Kier alpha value is -1.00. The fourth-order valence-electron chi connectivity index (χ4n) is 0.164. The van der Waals surface area contributed by atoms with Crippen molar-refractivity contribution >= 4 is 5.78 Å². The number of alkyl halides is 3. The maximum Gasteiger partial charge on any atom is 0.458 e. The molecule has 0 atom stereocenters. The van der Waals surface area contributed by atoms with Gasteiger partial charge in [-0.15, -0.1) is 0 Å². The van der Waals surface area contributed by atoms with Crippen molar-refractivity contribution in [2.24, 2.45) is 0 Å². The summed E-state index contributed by atoms with van der Waals surface area (Å²) in [5, 5.41) is 7.89. The zero-order chi connectivity index (χ0) is 7.65. The quantitative estimate of drug-likeness (QED) is 0.438. The summed E-state index contributed by atoms with van der Waals surface area (Å²) in [5.74, 6) is -3.79. The molecule has 0 saturated heterocycles. The monoisotopic (exact) mass is 140 g/mol. The topological polar surface area (TPSA) is 37.3 Å². The molecule has 9 heavy (non-hydrogen) atoms. The standard InChI is InChI=1S/C4H3F3O2/c1-2(8)3(9)4(5,6)7/h8H,1H2. The Morgan fingerprint density at radius 1 is 1.44 bits per heavy atom. The third kappa shape index (κ3) is 2.16.